The van der Waals surface area contributed by atoms with Crippen LogP contribution in [0.4, 0.5) is 11.4 Å². The summed E-state index contributed by atoms with van der Waals surface area (Å²) in [6.45, 7) is 6.19. The van der Waals surface area contributed by atoms with E-state index in [-0.39, 0.29) is 17.5 Å². The van der Waals surface area contributed by atoms with Crippen molar-refractivity contribution in [3.63, 3.8) is 0 Å². The topological polar surface area (TPSA) is 114 Å². The van der Waals surface area contributed by atoms with E-state index in [0.29, 0.717) is 30.7 Å². The number of nitro groups is 1. The maximum Gasteiger partial charge on any atom is 0.269 e. The number of aliphatic hydroxyl groups is 1. The third-order valence-electron chi connectivity index (χ3n) is 4.16. The molecule has 3 atom stereocenters. The maximum atomic E-state index is 12.6. The molecule has 1 aliphatic rings. The van der Waals surface area contributed by atoms with Gasteiger partial charge in [0.25, 0.3) is 5.69 Å². The highest BCUT2D eigenvalue weighted by atomic mass is 16.6. The Morgan fingerprint density at radius 2 is 2.20 bits per heavy atom. The zero-order valence-corrected chi connectivity index (χ0v) is 14.7. The summed E-state index contributed by atoms with van der Waals surface area (Å²) in [6, 6.07) is 3.58. The van der Waals surface area contributed by atoms with E-state index in [2.05, 4.69) is 10.6 Å². The van der Waals surface area contributed by atoms with Crippen molar-refractivity contribution in [3.8, 4) is 0 Å². The lowest BCUT2D eigenvalue weighted by atomic mass is 10.0. The van der Waals surface area contributed by atoms with Gasteiger partial charge < -0.3 is 20.5 Å². The lowest BCUT2D eigenvalue weighted by Gasteiger charge is -2.24. The Morgan fingerprint density at radius 3 is 2.72 bits per heavy atom. The number of nitrogens with zero attached hydrogens (tertiary/aromatic N) is 1. The minimum absolute atomic E-state index is 0.0131. The third-order valence-corrected chi connectivity index (χ3v) is 4.16. The molecule has 0 spiro atoms. The van der Waals surface area contributed by atoms with Crippen molar-refractivity contribution in [2.75, 3.05) is 11.9 Å². The van der Waals surface area contributed by atoms with E-state index < -0.39 is 23.3 Å². The Morgan fingerprint density at radius 1 is 1.48 bits per heavy atom. The van der Waals surface area contributed by atoms with Crippen LogP contribution in [-0.4, -0.2) is 40.9 Å². The van der Waals surface area contributed by atoms with Crippen LogP contribution >= 0.6 is 0 Å². The average molecular weight is 351 g/mol. The molecule has 8 nitrogen and oxygen atoms in total. The first-order valence-electron chi connectivity index (χ1n) is 8.39. The lowest BCUT2D eigenvalue weighted by molar-refractivity contribution is -0.384. The molecule has 0 aromatic heterocycles. The van der Waals surface area contributed by atoms with E-state index in [1.54, 1.807) is 13.0 Å². The van der Waals surface area contributed by atoms with Crippen LogP contribution in [0.5, 0.6) is 0 Å². The predicted octanol–water partition coefficient (Wildman–Crippen LogP) is 1.95. The first kappa shape index (κ1) is 19.1. The number of carbonyl (C=O) groups excluding carboxylic acids is 1. The molecular weight excluding hydrogens is 326 g/mol. The first-order chi connectivity index (χ1) is 11.8. The second kappa shape index (κ2) is 8.26. The fraction of sp³-hybridized carbons (Fsp3) is 0.588. The highest BCUT2D eigenvalue weighted by Crippen LogP contribution is 2.23. The largest absolute Gasteiger partial charge is 0.373 e. The van der Waals surface area contributed by atoms with Crippen molar-refractivity contribution in [2.24, 2.45) is 5.92 Å². The van der Waals surface area contributed by atoms with E-state index in [1.165, 1.54) is 12.1 Å². The fourth-order valence-electron chi connectivity index (χ4n) is 2.82. The summed E-state index contributed by atoms with van der Waals surface area (Å²) in [4.78, 5) is 23.0. The van der Waals surface area contributed by atoms with Crippen LogP contribution in [-0.2, 0) is 9.53 Å². The molecule has 2 rings (SSSR count). The van der Waals surface area contributed by atoms with E-state index in [4.69, 9.17) is 4.74 Å². The second-order valence-corrected chi connectivity index (χ2v) is 6.75. The summed E-state index contributed by atoms with van der Waals surface area (Å²) < 4.78 is 5.06. The highest BCUT2D eigenvalue weighted by Gasteiger charge is 2.30. The molecule has 0 bridgehead atoms. The number of aliphatic hydroxyl groups excluding tert-OH is 1. The van der Waals surface area contributed by atoms with Crippen molar-refractivity contribution >= 4 is 17.3 Å². The van der Waals surface area contributed by atoms with Gasteiger partial charge in [-0.2, -0.15) is 0 Å². The minimum Gasteiger partial charge on any atom is -0.373 e. The molecule has 3 N–H and O–H groups in total. The summed E-state index contributed by atoms with van der Waals surface area (Å²) in [5, 5.41) is 26.5. The standard InChI is InChI=1S/C17H25N3O5/c1-10(2)8-15(16(21)19-14-6-7-25-17(14)22)18-13-5-4-12(20(23)24)9-11(13)3/h4-5,9-10,14-15,17-18,22H,6-8H2,1-3H3,(H,19,21)/t14-,15-,17?/m0/s1. The van der Waals surface area contributed by atoms with Crippen LogP contribution in [0.3, 0.4) is 0 Å². The van der Waals surface area contributed by atoms with Gasteiger partial charge in [0.15, 0.2) is 6.29 Å². The Labute approximate surface area is 146 Å². The summed E-state index contributed by atoms with van der Waals surface area (Å²) in [5.74, 6) is 0.0485. The Hall–Kier alpha value is -2.19. The number of ether oxygens (including phenoxy) is 1. The van der Waals surface area contributed by atoms with Crippen LogP contribution < -0.4 is 10.6 Å². The van der Waals surface area contributed by atoms with Crippen molar-refractivity contribution in [1.29, 1.82) is 0 Å². The van der Waals surface area contributed by atoms with Gasteiger partial charge in [-0.3, -0.25) is 14.9 Å². The van der Waals surface area contributed by atoms with E-state index in [9.17, 15) is 20.0 Å². The van der Waals surface area contributed by atoms with Crippen molar-refractivity contribution in [2.45, 2.75) is 52.0 Å². The van der Waals surface area contributed by atoms with Crippen molar-refractivity contribution < 1.29 is 19.6 Å². The molecule has 138 valence electrons. The molecular formula is C17H25N3O5. The molecule has 1 heterocycles. The molecule has 0 radical (unpaired) electrons. The normalized spacial score (nSPS) is 21.2. The molecule has 0 aliphatic carbocycles. The van der Waals surface area contributed by atoms with Gasteiger partial charge in [0, 0.05) is 17.8 Å². The molecule has 1 aromatic carbocycles. The molecule has 1 aliphatic heterocycles. The Balaban J connectivity index is 2.11. The quantitative estimate of drug-likeness (QED) is 0.511. The fourth-order valence-corrected chi connectivity index (χ4v) is 2.82. The summed E-state index contributed by atoms with van der Waals surface area (Å²) in [6.07, 6.45) is 0.175. The predicted molar refractivity (Wildman–Crippen MR) is 93.2 cm³/mol. The number of benzene rings is 1. The van der Waals surface area contributed by atoms with Gasteiger partial charge in [0.05, 0.1) is 17.6 Å². The van der Waals surface area contributed by atoms with Gasteiger partial charge in [0.2, 0.25) is 5.91 Å². The third kappa shape index (κ3) is 5.14. The smallest absolute Gasteiger partial charge is 0.269 e. The number of rotatable bonds is 7. The number of nitro benzene ring substituents is 1. The van der Waals surface area contributed by atoms with Crippen LogP contribution in [0.2, 0.25) is 0 Å². The van der Waals surface area contributed by atoms with E-state index in [1.807, 2.05) is 13.8 Å². The second-order valence-electron chi connectivity index (χ2n) is 6.75. The van der Waals surface area contributed by atoms with Gasteiger partial charge >= 0.3 is 0 Å². The lowest BCUT2D eigenvalue weighted by Crippen LogP contribution is -2.48. The molecule has 0 saturated carbocycles. The zero-order valence-electron chi connectivity index (χ0n) is 14.7. The van der Waals surface area contributed by atoms with Crippen molar-refractivity contribution in [3.05, 3.63) is 33.9 Å². The number of anilines is 1. The van der Waals surface area contributed by atoms with Crippen LogP contribution in [0, 0.1) is 23.0 Å². The molecule has 25 heavy (non-hydrogen) atoms. The van der Waals surface area contributed by atoms with Gasteiger partial charge in [-0.05, 0) is 37.3 Å². The van der Waals surface area contributed by atoms with Gasteiger partial charge in [-0.25, -0.2) is 0 Å². The van der Waals surface area contributed by atoms with Crippen LogP contribution in [0.1, 0.15) is 32.3 Å². The minimum atomic E-state index is -0.982. The van der Waals surface area contributed by atoms with Crippen molar-refractivity contribution in [1.82, 2.24) is 5.32 Å². The number of aryl methyl sites for hydroxylation is 1. The Kier molecular flexibility index (Phi) is 6.33. The maximum absolute atomic E-state index is 12.6. The van der Waals surface area contributed by atoms with E-state index >= 15 is 0 Å². The molecule has 8 heteroatoms. The highest BCUT2D eigenvalue weighted by molar-refractivity contribution is 5.85. The van der Waals surface area contributed by atoms with Crippen LogP contribution in [0.15, 0.2) is 18.2 Å². The number of carbonyl (C=O) groups is 1. The number of non-ortho nitro benzene ring substituents is 1. The monoisotopic (exact) mass is 351 g/mol. The number of nitrogens with one attached hydrogen (secondary N) is 2. The molecule has 1 amide bonds. The molecule has 1 fully saturated rings. The van der Waals surface area contributed by atoms with Crippen LogP contribution in [0.25, 0.3) is 0 Å². The number of amides is 1. The van der Waals surface area contributed by atoms with E-state index in [0.717, 1.165) is 0 Å². The summed E-state index contributed by atoms with van der Waals surface area (Å²) in [7, 11) is 0. The molecule has 1 unspecified atom stereocenters. The SMILES string of the molecule is Cc1cc([N+](=O)[O-])ccc1N[C@@H](CC(C)C)C(=O)N[C@H]1CCOC1O. The molecule has 1 aromatic rings. The zero-order chi connectivity index (χ0) is 18.6. The first-order valence-corrected chi connectivity index (χ1v) is 8.39. The summed E-state index contributed by atoms with van der Waals surface area (Å²) in [5.41, 5.74) is 1.38. The Bertz CT molecular complexity index is 635. The van der Waals surface area contributed by atoms with Gasteiger partial charge in [-0.1, -0.05) is 13.8 Å². The average Bonchev–Trinajstić information content (AvgIpc) is 2.92. The summed E-state index contributed by atoms with van der Waals surface area (Å²) >= 11 is 0. The van der Waals surface area contributed by atoms with Gasteiger partial charge in [-0.15, -0.1) is 0 Å². The molecule has 1 saturated heterocycles. The number of hydrogen-bond acceptors (Lipinski definition) is 6. The van der Waals surface area contributed by atoms with Gasteiger partial charge in [0.1, 0.15) is 6.04 Å². The number of hydrogen-bond donors (Lipinski definition) is 3.